The van der Waals surface area contributed by atoms with Gasteiger partial charge < -0.3 is 5.73 Å². The van der Waals surface area contributed by atoms with E-state index in [0.29, 0.717) is 17.7 Å². The fourth-order valence-corrected chi connectivity index (χ4v) is 1.66. The van der Waals surface area contributed by atoms with Gasteiger partial charge in [-0.05, 0) is 23.8 Å². The number of pyridine rings is 1. The molecule has 1 aromatic heterocycles. The second-order valence-corrected chi connectivity index (χ2v) is 3.65. The van der Waals surface area contributed by atoms with Crippen molar-refractivity contribution in [1.29, 1.82) is 0 Å². The Labute approximate surface area is 98.1 Å². The van der Waals surface area contributed by atoms with Gasteiger partial charge in [0, 0.05) is 17.7 Å². The second kappa shape index (κ2) is 4.74. The molecule has 17 heavy (non-hydrogen) atoms. The number of benzene rings is 1. The largest absolute Gasteiger partial charge is 0.366 e. The quantitative estimate of drug-likeness (QED) is 0.819. The molecular weight excluding hydrogens is 219 g/mol. The van der Waals surface area contributed by atoms with Crippen molar-refractivity contribution in [3.8, 4) is 0 Å². The van der Waals surface area contributed by atoms with E-state index in [9.17, 15) is 9.18 Å². The van der Waals surface area contributed by atoms with E-state index in [-0.39, 0.29) is 0 Å². The number of primary amides is 1. The molecule has 0 atom stereocenters. The second-order valence-electron chi connectivity index (χ2n) is 3.65. The molecule has 0 aliphatic heterocycles. The summed E-state index contributed by atoms with van der Waals surface area (Å²) in [5.74, 6) is -1.02. The number of nitrogens with two attached hydrogens (primary N) is 1. The lowest BCUT2D eigenvalue weighted by molar-refractivity contribution is 0.0999. The van der Waals surface area contributed by atoms with Crippen LogP contribution < -0.4 is 5.73 Å². The third kappa shape index (κ3) is 2.66. The van der Waals surface area contributed by atoms with Gasteiger partial charge in [-0.2, -0.15) is 4.39 Å². The molecule has 0 aliphatic carbocycles. The van der Waals surface area contributed by atoms with E-state index < -0.39 is 11.9 Å². The third-order valence-electron chi connectivity index (χ3n) is 2.43. The summed E-state index contributed by atoms with van der Waals surface area (Å²) in [5.41, 5.74) is 7.02. The monoisotopic (exact) mass is 230 g/mol. The minimum Gasteiger partial charge on any atom is -0.366 e. The number of amides is 1. The van der Waals surface area contributed by atoms with Crippen molar-refractivity contribution in [1.82, 2.24) is 4.98 Å². The van der Waals surface area contributed by atoms with Crippen molar-refractivity contribution >= 4 is 5.91 Å². The van der Waals surface area contributed by atoms with E-state index in [2.05, 4.69) is 4.98 Å². The number of hydrogen-bond donors (Lipinski definition) is 1. The molecule has 3 nitrogen and oxygen atoms in total. The molecule has 1 amide bonds. The average Bonchev–Trinajstić information content (AvgIpc) is 2.29. The number of rotatable bonds is 3. The van der Waals surface area contributed by atoms with Gasteiger partial charge in [0.1, 0.15) is 0 Å². The van der Waals surface area contributed by atoms with Crippen LogP contribution in [0, 0.1) is 5.95 Å². The molecule has 1 aromatic carbocycles. The molecule has 2 N–H and O–H groups in total. The highest BCUT2D eigenvalue weighted by Crippen LogP contribution is 2.13. The fraction of sp³-hybridized carbons (Fsp3) is 0.0769. The first-order valence-electron chi connectivity index (χ1n) is 5.16. The van der Waals surface area contributed by atoms with Crippen LogP contribution in [0.15, 0.2) is 42.5 Å². The first kappa shape index (κ1) is 11.3. The maximum atomic E-state index is 12.9. The Kier molecular flexibility index (Phi) is 3.14. The van der Waals surface area contributed by atoms with Crippen LogP contribution in [-0.4, -0.2) is 10.9 Å². The summed E-state index contributed by atoms with van der Waals surface area (Å²) in [5, 5.41) is 0. The molecule has 0 saturated carbocycles. The summed E-state index contributed by atoms with van der Waals surface area (Å²) >= 11 is 0. The summed E-state index contributed by atoms with van der Waals surface area (Å²) in [6.45, 7) is 0. The van der Waals surface area contributed by atoms with E-state index in [0.717, 1.165) is 5.56 Å². The Morgan fingerprint density at radius 2 is 1.94 bits per heavy atom. The zero-order valence-corrected chi connectivity index (χ0v) is 9.06. The van der Waals surface area contributed by atoms with Crippen LogP contribution in [0.1, 0.15) is 21.6 Å². The van der Waals surface area contributed by atoms with Gasteiger partial charge in [-0.25, -0.2) is 4.98 Å². The van der Waals surface area contributed by atoms with Gasteiger partial charge in [-0.1, -0.05) is 24.3 Å². The minimum atomic E-state index is -0.529. The molecule has 0 bridgehead atoms. The topological polar surface area (TPSA) is 56.0 Å². The number of aromatic nitrogens is 1. The van der Waals surface area contributed by atoms with Gasteiger partial charge in [0.15, 0.2) is 0 Å². The Bertz CT molecular complexity index is 555. The Hall–Kier alpha value is -2.23. The molecule has 2 rings (SSSR count). The highest BCUT2D eigenvalue weighted by atomic mass is 19.1. The third-order valence-corrected chi connectivity index (χ3v) is 2.43. The van der Waals surface area contributed by atoms with Crippen molar-refractivity contribution in [2.45, 2.75) is 6.42 Å². The summed E-state index contributed by atoms with van der Waals surface area (Å²) in [6, 6.07) is 11.6. The lowest BCUT2D eigenvalue weighted by Gasteiger charge is -2.05. The lowest BCUT2D eigenvalue weighted by Crippen LogP contribution is -2.14. The van der Waals surface area contributed by atoms with Crippen molar-refractivity contribution in [2.75, 3.05) is 0 Å². The summed E-state index contributed by atoms with van der Waals surface area (Å²) in [7, 11) is 0. The highest BCUT2D eigenvalue weighted by Gasteiger charge is 2.08. The van der Waals surface area contributed by atoms with Crippen LogP contribution in [0.4, 0.5) is 4.39 Å². The van der Waals surface area contributed by atoms with Crippen LogP contribution in [0.2, 0.25) is 0 Å². The lowest BCUT2D eigenvalue weighted by atomic mass is 10.0. The number of hydrogen-bond acceptors (Lipinski definition) is 2. The highest BCUT2D eigenvalue weighted by molar-refractivity contribution is 5.94. The predicted octanol–water partition coefficient (Wildman–Crippen LogP) is 1.91. The standard InChI is InChI=1S/C13H11FN2O/c14-12-7-3-5-10(16-12)8-9-4-1-2-6-11(9)13(15)17/h1-7H,8H2,(H2,15,17). The van der Waals surface area contributed by atoms with Crippen molar-refractivity contribution < 1.29 is 9.18 Å². The van der Waals surface area contributed by atoms with Gasteiger partial charge in [-0.15, -0.1) is 0 Å². The van der Waals surface area contributed by atoms with E-state index in [1.807, 2.05) is 0 Å². The first-order chi connectivity index (χ1) is 8.16. The minimum absolute atomic E-state index is 0.386. The van der Waals surface area contributed by atoms with Gasteiger partial charge in [0.05, 0.1) is 0 Å². The zero-order chi connectivity index (χ0) is 12.3. The van der Waals surface area contributed by atoms with E-state index in [4.69, 9.17) is 5.73 Å². The molecular formula is C13H11FN2O. The molecule has 86 valence electrons. The number of halogens is 1. The Morgan fingerprint density at radius 3 is 2.65 bits per heavy atom. The SMILES string of the molecule is NC(=O)c1ccccc1Cc1cccc(F)n1. The molecule has 0 saturated heterocycles. The maximum Gasteiger partial charge on any atom is 0.248 e. The zero-order valence-electron chi connectivity index (χ0n) is 9.06. The van der Waals surface area contributed by atoms with E-state index >= 15 is 0 Å². The van der Waals surface area contributed by atoms with Gasteiger partial charge in [0.2, 0.25) is 11.9 Å². The summed E-state index contributed by atoms with van der Waals surface area (Å²) in [6.07, 6.45) is 0.386. The van der Waals surface area contributed by atoms with E-state index in [1.54, 1.807) is 36.4 Å². The molecule has 2 aromatic rings. The summed E-state index contributed by atoms with van der Waals surface area (Å²) < 4.78 is 12.9. The number of carbonyl (C=O) groups excluding carboxylic acids is 1. The Morgan fingerprint density at radius 1 is 1.18 bits per heavy atom. The van der Waals surface area contributed by atoms with Crippen molar-refractivity contribution in [2.24, 2.45) is 5.73 Å². The smallest absolute Gasteiger partial charge is 0.248 e. The molecule has 0 aliphatic rings. The first-order valence-corrected chi connectivity index (χ1v) is 5.16. The molecule has 0 unspecified atom stereocenters. The van der Waals surface area contributed by atoms with Crippen LogP contribution in [0.3, 0.4) is 0 Å². The number of carbonyl (C=O) groups is 1. The van der Waals surface area contributed by atoms with Crippen molar-refractivity contribution in [3.05, 3.63) is 65.2 Å². The average molecular weight is 230 g/mol. The van der Waals surface area contributed by atoms with Gasteiger partial charge in [-0.3, -0.25) is 4.79 Å². The van der Waals surface area contributed by atoms with Crippen LogP contribution in [-0.2, 0) is 6.42 Å². The van der Waals surface area contributed by atoms with E-state index in [1.165, 1.54) is 6.07 Å². The maximum absolute atomic E-state index is 12.9. The van der Waals surface area contributed by atoms with Crippen molar-refractivity contribution in [3.63, 3.8) is 0 Å². The fourth-order valence-electron chi connectivity index (χ4n) is 1.66. The van der Waals surface area contributed by atoms with Crippen LogP contribution >= 0.6 is 0 Å². The number of nitrogens with zero attached hydrogens (tertiary/aromatic N) is 1. The molecule has 1 heterocycles. The van der Waals surface area contributed by atoms with Crippen LogP contribution in [0.25, 0.3) is 0 Å². The summed E-state index contributed by atoms with van der Waals surface area (Å²) in [4.78, 5) is 15.0. The van der Waals surface area contributed by atoms with Crippen LogP contribution in [0.5, 0.6) is 0 Å². The normalized spacial score (nSPS) is 10.2. The molecule has 0 spiro atoms. The predicted molar refractivity (Wildman–Crippen MR) is 62.0 cm³/mol. The Balaban J connectivity index is 2.33. The van der Waals surface area contributed by atoms with Gasteiger partial charge >= 0.3 is 0 Å². The van der Waals surface area contributed by atoms with Gasteiger partial charge in [0.25, 0.3) is 0 Å². The molecule has 0 radical (unpaired) electrons. The molecule has 4 heteroatoms. The molecule has 0 fully saturated rings.